The van der Waals surface area contributed by atoms with Crippen LogP contribution >= 0.6 is 0 Å². The Balaban J connectivity index is 1.86. The fourth-order valence-electron chi connectivity index (χ4n) is 2.38. The van der Waals surface area contributed by atoms with Gasteiger partial charge in [-0.15, -0.1) is 0 Å². The zero-order valence-corrected chi connectivity index (χ0v) is 10.3. The molecule has 2 rings (SSSR count). The van der Waals surface area contributed by atoms with Crippen LogP contribution in [0.5, 0.6) is 5.75 Å². The normalized spacial score (nSPS) is 24.3. The van der Waals surface area contributed by atoms with E-state index in [0.717, 1.165) is 30.8 Å². The molecule has 17 heavy (non-hydrogen) atoms. The van der Waals surface area contributed by atoms with Crippen molar-refractivity contribution < 1.29 is 9.53 Å². The van der Waals surface area contributed by atoms with E-state index >= 15 is 0 Å². The molecule has 1 heterocycles. The van der Waals surface area contributed by atoms with Crippen LogP contribution in [0, 0.1) is 5.92 Å². The minimum atomic E-state index is 0.321. The largest absolute Gasteiger partial charge is 0.489 e. The second-order valence-corrected chi connectivity index (χ2v) is 4.71. The highest BCUT2D eigenvalue weighted by molar-refractivity contribution is 5.71. The molecule has 0 saturated heterocycles. The Labute approximate surface area is 102 Å². The summed E-state index contributed by atoms with van der Waals surface area (Å²) in [7, 11) is 0. The molecule has 0 aromatic carbocycles. The minimum absolute atomic E-state index is 0.321. The average molecular weight is 233 g/mol. The van der Waals surface area contributed by atoms with E-state index in [0.29, 0.717) is 11.8 Å². The molecule has 1 aromatic heterocycles. The van der Waals surface area contributed by atoms with E-state index in [9.17, 15) is 4.79 Å². The first-order valence-electron chi connectivity index (χ1n) is 6.39. The molecular formula is C14H19NO2. The van der Waals surface area contributed by atoms with Gasteiger partial charge in [-0.2, -0.15) is 0 Å². The van der Waals surface area contributed by atoms with E-state index < -0.39 is 0 Å². The van der Waals surface area contributed by atoms with Crippen molar-refractivity contribution in [2.45, 2.75) is 45.1 Å². The highest BCUT2D eigenvalue weighted by atomic mass is 16.5. The molecule has 1 aliphatic carbocycles. The van der Waals surface area contributed by atoms with Crippen LogP contribution in [-0.2, 0) is 0 Å². The number of nitrogens with zero attached hydrogens (tertiary/aromatic N) is 1. The lowest BCUT2D eigenvalue weighted by Crippen LogP contribution is -2.23. The van der Waals surface area contributed by atoms with E-state index in [1.165, 1.54) is 19.3 Å². The molecule has 0 radical (unpaired) electrons. The molecular weight excluding hydrogens is 214 g/mol. The fourth-order valence-corrected chi connectivity index (χ4v) is 2.38. The molecule has 0 spiro atoms. The second kappa shape index (κ2) is 5.80. The summed E-state index contributed by atoms with van der Waals surface area (Å²) in [6.45, 7) is 2.26. The predicted molar refractivity (Wildman–Crippen MR) is 66.3 cm³/mol. The molecule has 1 aromatic rings. The predicted octanol–water partition coefficient (Wildman–Crippen LogP) is 3.24. The quantitative estimate of drug-likeness (QED) is 0.749. The summed E-state index contributed by atoms with van der Waals surface area (Å²) >= 11 is 0. The van der Waals surface area contributed by atoms with Crippen molar-refractivity contribution in [1.29, 1.82) is 0 Å². The first kappa shape index (κ1) is 12.1. The highest BCUT2D eigenvalue weighted by Gasteiger charge is 2.21. The number of ether oxygens (including phenoxy) is 1. The van der Waals surface area contributed by atoms with Gasteiger partial charge in [0.2, 0.25) is 0 Å². The Bertz CT molecular complexity index is 353. The SMILES string of the molecule is CCC1CCC(Oc2ccc(C=O)nc2)CC1. The van der Waals surface area contributed by atoms with Crippen LogP contribution in [0.15, 0.2) is 18.3 Å². The van der Waals surface area contributed by atoms with Crippen molar-refractivity contribution in [3.05, 3.63) is 24.0 Å². The summed E-state index contributed by atoms with van der Waals surface area (Å²) in [6, 6.07) is 3.52. The van der Waals surface area contributed by atoms with Crippen molar-refractivity contribution in [2.75, 3.05) is 0 Å². The van der Waals surface area contributed by atoms with Crippen molar-refractivity contribution in [3.8, 4) is 5.75 Å². The average Bonchev–Trinajstić information content (AvgIpc) is 2.40. The maximum Gasteiger partial charge on any atom is 0.168 e. The zero-order chi connectivity index (χ0) is 12.1. The molecule has 0 N–H and O–H groups in total. The molecule has 0 atom stereocenters. The van der Waals surface area contributed by atoms with Gasteiger partial charge in [0, 0.05) is 0 Å². The van der Waals surface area contributed by atoms with Crippen molar-refractivity contribution in [3.63, 3.8) is 0 Å². The van der Waals surface area contributed by atoms with E-state index in [1.54, 1.807) is 12.3 Å². The van der Waals surface area contributed by atoms with Crippen LogP contribution in [0.1, 0.15) is 49.5 Å². The molecule has 3 nitrogen and oxygen atoms in total. The van der Waals surface area contributed by atoms with Crippen molar-refractivity contribution in [2.24, 2.45) is 5.92 Å². The number of carbonyl (C=O) groups is 1. The van der Waals surface area contributed by atoms with E-state index in [4.69, 9.17) is 4.74 Å². The molecule has 0 unspecified atom stereocenters. The molecule has 0 aliphatic heterocycles. The van der Waals surface area contributed by atoms with Gasteiger partial charge in [0.05, 0.1) is 12.3 Å². The van der Waals surface area contributed by atoms with Crippen LogP contribution in [0.25, 0.3) is 0 Å². The monoisotopic (exact) mass is 233 g/mol. The third-order valence-electron chi connectivity index (χ3n) is 3.55. The minimum Gasteiger partial charge on any atom is -0.489 e. The van der Waals surface area contributed by atoms with E-state index in [-0.39, 0.29) is 0 Å². The first-order chi connectivity index (χ1) is 8.31. The van der Waals surface area contributed by atoms with Gasteiger partial charge in [0.15, 0.2) is 6.29 Å². The highest BCUT2D eigenvalue weighted by Crippen LogP contribution is 2.29. The third kappa shape index (κ3) is 3.29. The smallest absolute Gasteiger partial charge is 0.168 e. The number of carbonyl (C=O) groups excluding carboxylic acids is 1. The van der Waals surface area contributed by atoms with Crippen molar-refractivity contribution >= 4 is 6.29 Å². The Kier molecular flexibility index (Phi) is 4.13. The Morgan fingerprint density at radius 2 is 2.12 bits per heavy atom. The van der Waals surface area contributed by atoms with Crippen LogP contribution in [0.2, 0.25) is 0 Å². The molecule has 0 bridgehead atoms. The summed E-state index contributed by atoms with van der Waals surface area (Å²) in [4.78, 5) is 14.5. The van der Waals surface area contributed by atoms with Crippen LogP contribution in [0.4, 0.5) is 0 Å². The Morgan fingerprint density at radius 1 is 1.35 bits per heavy atom. The Morgan fingerprint density at radius 3 is 2.65 bits per heavy atom. The fraction of sp³-hybridized carbons (Fsp3) is 0.571. The maximum absolute atomic E-state index is 10.5. The number of rotatable bonds is 4. The Hall–Kier alpha value is -1.38. The van der Waals surface area contributed by atoms with Crippen LogP contribution in [0.3, 0.4) is 0 Å². The summed E-state index contributed by atoms with van der Waals surface area (Å²) in [5.41, 5.74) is 0.451. The standard InChI is InChI=1S/C14H19NO2/c1-2-11-3-6-13(7-4-11)17-14-8-5-12(10-16)15-9-14/h5,8-11,13H,2-4,6-7H2,1H3. The topological polar surface area (TPSA) is 39.2 Å². The molecule has 3 heteroatoms. The van der Waals surface area contributed by atoms with Gasteiger partial charge >= 0.3 is 0 Å². The molecule has 1 aliphatic rings. The molecule has 1 fully saturated rings. The summed E-state index contributed by atoms with van der Waals surface area (Å²) in [5, 5.41) is 0. The summed E-state index contributed by atoms with van der Waals surface area (Å²) in [6.07, 6.45) is 8.78. The number of aldehydes is 1. The summed E-state index contributed by atoms with van der Waals surface area (Å²) < 4.78 is 5.87. The lowest BCUT2D eigenvalue weighted by atomic mass is 9.86. The molecule has 92 valence electrons. The van der Waals surface area contributed by atoms with Gasteiger partial charge in [-0.1, -0.05) is 13.3 Å². The van der Waals surface area contributed by atoms with Crippen LogP contribution < -0.4 is 4.74 Å². The van der Waals surface area contributed by atoms with Gasteiger partial charge in [0.25, 0.3) is 0 Å². The number of hydrogen-bond acceptors (Lipinski definition) is 3. The van der Waals surface area contributed by atoms with Gasteiger partial charge in [-0.05, 0) is 43.7 Å². The van der Waals surface area contributed by atoms with Gasteiger partial charge in [-0.3, -0.25) is 4.79 Å². The zero-order valence-electron chi connectivity index (χ0n) is 10.3. The maximum atomic E-state index is 10.5. The van der Waals surface area contributed by atoms with Gasteiger partial charge in [-0.25, -0.2) is 4.98 Å². The molecule has 0 amide bonds. The lowest BCUT2D eigenvalue weighted by Gasteiger charge is -2.28. The van der Waals surface area contributed by atoms with E-state index in [1.807, 2.05) is 6.07 Å². The van der Waals surface area contributed by atoms with Crippen LogP contribution in [-0.4, -0.2) is 17.4 Å². The number of aromatic nitrogens is 1. The second-order valence-electron chi connectivity index (χ2n) is 4.71. The third-order valence-corrected chi connectivity index (χ3v) is 3.55. The number of hydrogen-bond donors (Lipinski definition) is 0. The summed E-state index contributed by atoms with van der Waals surface area (Å²) in [5.74, 6) is 1.65. The number of pyridine rings is 1. The van der Waals surface area contributed by atoms with Crippen molar-refractivity contribution in [1.82, 2.24) is 4.98 Å². The first-order valence-corrected chi connectivity index (χ1v) is 6.39. The molecule has 1 saturated carbocycles. The van der Waals surface area contributed by atoms with E-state index in [2.05, 4.69) is 11.9 Å². The van der Waals surface area contributed by atoms with Gasteiger partial charge < -0.3 is 4.74 Å². The lowest BCUT2D eigenvalue weighted by molar-refractivity contribution is 0.111. The van der Waals surface area contributed by atoms with Gasteiger partial charge in [0.1, 0.15) is 11.4 Å².